The van der Waals surface area contributed by atoms with Gasteiger partial charge in [-0.3, -0.25) is 0 Å². The molecule has 0 amide bonds. The van der Waals surface area contributed by atoms with E-state index in [1.807, 2.05) is 6.07 Å². The Kier molecular flexibility index (Phi) is 5.63. The highest BCUT2D eigenvalue weighted by atomic mass is 14.2. The Balaban J connectivity index is 1.88. The Morgan fingerprint density at radius 3 is 2.29 bits per heavy atom. The lowest BCUT2D eigenvalue weighted by atomic mass is 9.84. The number of allylic oxidation sites excluding steroid dienone is 6. The van der Waals surface area contributed by atoms with Gasteiger partial charge in [0.1, 0.15) is 0 Å². The summed E-state index contributed by atoms with van der Waals surface area (Å²) in [5, 5.41) is 0. The van der Waals surface area contributed by atoms with E-state index in [9.17, 15) is 0 Å². The Labute approximate surface area is 145 Å². The van der Waals surface area contributed by atoms with Gasteiger partial charge in [0, 0.05) is 0 Å². The molecule has 120 valence electrons. The van der Waals surface area contributed by atoms with Gasteiger partial charge in [0.15, 0.2) is 0 Å². The molecular weight excluding hydrogens is 288 g/mol. The lowest BCUT2D eigenvalue weighted by molar-refractivity contribution is 0.576. The first-order valence-electron chi connectivity index (χ1n) is 8.67. The Morgan fingerprint density at radius 1 is 0.958 bits per heavy atom. The molecule has 0 fully saturated rings. The molecule has 0 saturated heterocycles. The van der Waals surface area contributed by atoms with Crippen LogP contribution in [0.25, 0.3) is 11.6 Å². The van der Waals surface area contributed by atoms with Gasteiger partial charge < -0.3 is 0 Å². The van der Waals surface area contributed by atoms with Crippen LogP contribution in [0, 0.1) is 5.92 Å². The maximum absolute atomic E-state index is 3.94. The van der Waals surface area contributed by atoms with Gasteiger partial charge in [-0.1, -0.05) is 91.0 Å². The second-order valence-corrected chi connectivity index (χ2v) is 6.22. The fraction of sp³-hybridized carbons (Fsp3) is 0.167. The molecule has 0 N–H and O–H groups in total. The van der Waals surface area contributed by atoms with Crippen LogP contribution >= 0.6 is 0 Å². The largest absolute Gasteiger partial charge is 0.103 e. The van der Waals surface area contributed by atoms with Gasteiger partial charge >= 0.3 is 0 Å². The molecule has 0 saturated carbocycles. The normalized spacial score (nSPS) is 18.4. The van der Waals surface area contributed by atoms with Crippen molar-refractivity contribution in [3.8, 4) is 0 Å². The van der Waals surface area contributed by atoms with Gasteiger partial charge in [-0.15, -0.1) is 6.58 Å². The molecule has 0 radical (unpaired) electrons. The molecule has 24 heavy (non-hydrogen) atoms. The van der Waals surface area contributed by atoms with Crippen molar-refractivity contribution < 1.29 is 0 Å². The van der Waals surface area contributed by atoms with E-state index in [2.05, 4.69) is 91.6 Å². The van der Waals surface area contributed by atoms with Gasteiger partial charge in [-0.2, -0.15) is 0 Å². The molecule has 0 heterocycles. The summed E-state index contributed by atoms with van der Waals surface area (Å²) in [5.74, 6) is 0.630. The van der Waals surface area contributed by atoms with Crippen LogP contribution in [0.3, 0.4) is 0 Å². The molecule has 1 aliphatic carbocycles. The van der Waals surface area contributed by atoms with Crippen molar-refractivity contribution in [1.29, 1.82) is 0 Å². The highest BCUT2D eigenvalue weighted by Crippen LogP contribution is 2.33. The summed E-state index contributed by atoms with van der Waals surface area (Å²) in [5.41, 5.74) is 5.31. The first-order chi connectivity index (χ1) is 11.9. The fourth-order valence-electron chi connectivity index (χ4n) is 3.14. The van der Waals surface area contributed by atoms with Crippen molar-refractivity contribution in [2.45, 2.75) is 19.3 Å². The van der Waals surface area contributed by atoms with Crippen molar-refractivity contribution in [3.05, 3.63) is 108 Å². The van der Waals surface area contributed by atoms with Crippen LogP contribution in [0.2, 0.25) is 0 Å². The summed E-state index contributed by atoms with van der Waals surface area (Å²) in [7, 11) is 0. The number of benzene rings is 2. The lowest BCUT2D eigenvalue weighted by Gasteiger charge is -2.21. The van der Waals surface area contributed by atoms with E-state index in [1.165, 1.54) is 28.7 Å². The highest BCUT2D eigenvalue weighted by Gasteiger charge is 2.15. The second kappa shape index (κ2) is 8.31. The summed E-state index contributed by atoms with van der Waals surface area (Å²) >= 11 is 0. The third kappa shape index (κ3) is 4.23. The van der Waals surface area contributed by atoms with Crippen LogP contribution in [0.15, 0.2) is 97.1 Å². The Morgan fingerprint density at radius 2 is 1.67 bits per heavy atom. The van der Waals surface area contributed by atoms with Crippen molar-refractivity contribution in [2.75, 3.05) is 0 Å². The number of hydrogen-bond donors (Lipinski definition) is 0. The summed E-state index contributed by atoms with van der Waals surface area (Å²) < 4.78 is 0. The number of rotatable bonds is 5. The first kappa shape index (κ1) is 16.3. The zero-order valence-corrected chi connectivity index (χ0v) is 14.1. The summed E-state index contributed by atoms with van der Waals surface area (Å²) in [6.07, 6.45) is 14.5. The van der Waals surface area contributed by atoms with Gasteiger partial charge in [-0.25, -0.2) is 0 Å². The van der Waals surface area contributed by atoms with E-state index >= 15 is 0 Å². The van der Waals surface area contributed by atoms with Crippen LogP contribution in [0.5, 0.6) is 0 Å². The topological polar surface area (TPSA) is 0 Å². The minimum atomic E-state index is 0.630. The average Bonchev–Trinajstić information content (AvgIpc) is 2.67. The van der Waals surface area contributed by atoms with E-state index in [-0.39, 0.29) is 0 Å². The molecule has 0 bridgehead atoms. The van der Waals surface area contributed by atoms with Gasteiger partial charge in [0.05, 0.1) is 0 Å². The third-order valence-corrected chi connectivity index (χ3v) is 4.57. The highest BCUT2D eigenvalue weighted by molar-refractivity contribution is 5.81. The van der Waals surface area contributed by atoms with Crippen molar-refractivity contribution in [1.82, 2.24) is 0 Å². The molecule has 0 aromatic heterocycles. The molecular formula is C24H24. The van der Waals surface area contributed by atoms with E-state index in [4.69, 9.17) is 0 Å². The van der Waals surface area contributed by atoms with E-state index in [1.54, 1.807) is 0 Å². The summed E-state index contributed by atoms with van der Waals surface area (Å²) in [6, 6.07) is 21.1. The predicted octanol–water partition coefficient (Wildman–Crippen LogP) is 6.70. The quantitative estimate of drug-likeness (QED) is 0.426. The average molecular weight is 312 g/mol. The van der Waals surface area contributed by atoms with Crippen LogP contribution < -0.4 is 0 Å². The van der Waals surface area contributed by atoms with Gasteiger partial charge in [0.2, 0.25) is 0 Å². The van der Waals surface area contributed by atoms with Crippen molar-refractivity contribution in [2.24, 2.45) is 5.92 Å². The van der Waals surface area contributed by atoms with Crippen molar-refractivity contribution in [3.63, 3.8) is 0 Å². The molecule has 0 spiro atoms. The molecule has 0 nitrogen and oxygen atoms in total. The number of hydrogen-bond acceptors (Lipinski definition) is 0. The molecule has 0 aliphatic heterocycles. The maximum Gasteiger partial charge on any atom is -0.0155 e. The SMILES string of the molecule is C=CC1CC=C(C(=CC=Cc2ccccc2)c2ccccc2)CC1. The molecule has 0 heteroatoms. The van der Waals surface area contributed by atoms with Crippen molar-refractivity contribution >= 4 is 11.6 Å². The molecule has 2 aromatic carbocycles. The zero-order valence-electron chi connectivity index (χ0n) is 14.1. The monoisotopic (exact) mass is 312 g/mol. The summed E-state index contributed by atoms with van der Waals surface area (Å²) in [6.45, 7) is 3.94. The molecule has 1 aliphatic rings. The first-order valence-corrected chi connectivity index (χ1v) is 8.67. The van der Waals surface area contributed by atoms with E-state index in [0.29, 0.717) is 5.92 Å². The van der Waals surface area contributed by atoms with E-state index in [0.717, 1.165) is 12.8 Å². The molecule has 2 aromatic rings. The lowest BCUT2D eigenvalue weighted by Crippen LogP contribution is -2.04. The molecule has 3 rings (SSSR count). The van der Waals surface area contributed by atoms with Gasteiger partial charge in [0.25, 0.3) is 0 Å². The Hall–Kier alpha value is -2.60. The Bertz CT molecular complexity index is 745. The van der Waals surface area contributed by atoms with Gasteiger partial charge in [-0.05, 0) is 47.5 Å². The van der Waals surface area contributed by atoms with Crippen LogP contribution in [0.4, 0.5) is 0 Å². The maximum atomic E-state index is 3.94. The van der Waals surface area contributed by atoms with Crippen LogP contribution in [-0.2, 0) is 0 Å². The zero-order chi connectivity index (χ0) is 16.6. The smallest absolute Gasteiger partial charge is 0.0155 e. The predicted molar refractivity (Wildman–Crippen MR) is 106 cm³/mol. The fourth-order valence-corrected chi connectivity index (χ4v) is 3.14. The standard InChI is InChI=1S/C24H24/c1-2-20-16-18-23(19-17-20)24(22-13-7-4-8-14-22)15-9-12-21-10-5-3-6-11-21/h2-15,18,20H,1,16-17,19H2. The van der Waals surface area contributed by atoms with Crippen LogP contribution in [0.1, 0.15) is 30.4 Å². The second-order valence-electron chi connectivity index (χ2n) is 6.22. The van der Waals surface area contributed by atoms with Crippen LogP contribution in [-0.4, -0.2) is 0 Å². The minimum Gasteiger partial charge on any atom is -0.103 e. The molecule has 1 unspecified atom stereocenters. The molecule has 1 atom stereocenters. The summed E-state index contributed by atoms with van der Waals surface area (Å²) in [4.78, 5) is 0. The minimum absolute atomic E-state index is 0.630. The van der Waals surface area contributed by atoms with E-state index < -0.39 is 0 Å². The third-order valence-electron chi connectivity index (χ3n) is 4.57.